The van der Waals surface area contributed by atoms with Crippen molar-refractivity contribution < 1.29 is 9.53 Å². The molecular formula is C20H24Cl2N2O2. The van der Waals surface area contributed by atoms with Gasteiger partial charge in [0.1, 0.15) is 5.75 Å². The highest BCUT2D eigenvalue weighted by molar-refractivity contribution is 6.31. The average Bonchev–Trinajstić information content (AvgIpc) is 3.07. The molecule has 3 atom stereocenters. The SMILES string of the molecule is COc1ccccc1C(NC(=O)C1CCC(N)C1)c1ccccc1Cl.Cl. The number of ether oxygens (including phenoxy) is 1. The van der Waals surface area contributed by atoms with Gasteiger partial charge in [0.15, 0.2) is 0 Å². The highest BCUT2D eigenvalue weighted by Gasteiger charge is 2.30. The third-order valence-corrected chi connectivity index (χ3v) is 5.14. The van der Waals surface area contributed by atoms with Crippen LogP contribution in [0.25, 0.3) is 0 Å². The molecule has 0 heterocycles. The molecule has 2 aromatic rings. The van der Waals surface area contributed by atoms with Gasteiger partial charge in [0.25, 0.3) is 0 Å². The van der Waals surface area contributed by atoms with Crippen LogP contribution in [-0.4, -0.2) is 19.1 Å². The summed E-state index contributed by atoms with van der Waals surface area (Å²) < 4.78 is 5.50. The van der Waals surface area contributed by atoms with Crippen LogP contribution in [0.1, 0.15) is 36.4 Å². The van der Waals surface area contributed by atoms with Crippen LogP contribution in [0.3, 0.4) is 0 Å². The van der Waals surface area contributed by atoms with Gasteiger partial charge in [-0.25, -0.2) is 0 Å². The fourth-order valence-corrected chi connectivity index (χ4v) is 3.70. The molecule has 140 valence electrons. The molecule has 3 rings (SSSR count). The Hall–Kier alpha value is -1.75. The van der Waals surface area contributed by atoms with Gasteiger partial charge >= 0.3 is 0 Å². The summed E-state index contributed by atoms with van der Waals surface area (Å²) in [6, 6.07) is 15.0. The molecule has 0 saturated heterocycles. The molecule has 1 aliphatic carbocycles. The normalized spacial score (nSPS) is 20.1. The van der Waals surface area contributed by atoms with E-state index in [1.165, 1.54) is 0 Å². The van der Waals surface area contributed by atoms with Gasteiger partial charge in [-0.1, -0.05) is 48.0 Å². The maximum Gasteiger partial charge on any atom is 0.223 e. The molecule has 2 aromatic carbocycles. The molecule has 0 radical (unpaired) electrons. The van der Waals surface area contributed by atoms with E-state index in [0.717, 1.165) is 36.1 Å². The molecule has 0 aliphatic heterocycles. The molecule has 26 heavy (non-hydrogen) atoms. The van der Waals surface area contributed by atoms with Gasteiger partial charge in [0.2, 0.25) is 5.91 Å². The average molecular weight is 395 g/mol. The molecule has 1 saturated carbocycles. The Morgan fingerprint density at radius 2 is 1.81 bits per heavy atom. The van der Waals surface area contributed by atoms with Crippen molar-refractivity contribution in [1.29, 1.82) is 0 Å². The van der Waals surface area contributed by atoms with Gasteiger partial charge in [-0.05, 0) is 37.0 Å². The van der Waals surface area contributed by atoms with Crippen LogP contribution in [-0.2, 0) is 4.79 Å². The molecule has 1 amide bonds. The number of carbonyl (C=O) groups excluding carboxylic acids is 1. The highest BCUT2D eigenvalue weighted by atomic mass is 35.5. The zero-order chi connectivity index (χ0) is 17.8. The van der Waals surface area contributed by atoms with Crippen molar-refractivity contribution in [3.05, 3.63) is 64.7 Å². The molecular weight excluding hydrogens is 371 g/mol. The Kier molecular flexibility index (Phi) is 7.33. The van der Waals surface area contributed by atoms with E-state index in [9.17, 15) is 4.79 Å². The summed E-state index contributed by atoms with van der Waals surface area (Å²) in [5.41, 5.74) is 7.70. The quantitative estimate of drug-likeness (QED) is 0.801. The van der Waals surface area contributed by atoms with Crippen LogP contribution in [0.15, 0.2) is 48.5 Å². The van der Waals surface area contributed by atoms with E-state index in [-0.39, 0.29) is 36.3 Å². The minimum absolute atomic E-state index is 0. The second kappa shape index (κ2) is 9.26. The lowest BCUT2D eigenvalue weighted by Crippen LogP contribution is -2.34. The largest absolute Gasteiger partial charge is 0.496 e. The molecule has 1 aliphatic rings. The van der Waals surface area contributed by atoms with E-state index < -0.39 is 0 Å². The van der Waals surface area contributed by atoms with Gasteiger partial charge in [0, 0.05) is 22.5 Å². The lowest BCUT2D eigenvalue weighted by Gasteiger charge is -2.24. The van der Waals surface area contributed by atoms with E-state index in [4.69, 9.17) is 22.1 Å². The lowest BCUT2D eigenvalue weighted by molar-refractivity contribution is -0.125. The summed E-state index contributed by atoms with van der Waals surface area (Å²) in [6.07, 6.45) is 2.45. The number of hydrogen-bond acceptors (Lipinski definition) is 3. The van der Waals surface area contributed by atoms with Crippen molar-refractivity contribution in [1.82, 2.24) is 5.32 Å². The molecule has 3 N–H and O–H groups in total. The van der Waals surface area contributed by atoms with Gasteiger partial charge in [-0.15, -0.1) is 12.4 Å². The van der Waals surface area contributed by atoms with Crippen molar-refractivity contribution in [3.63, 3.8) is 0 Å². The zero-order valence-corrected chi connectivity index (χ0v) is 16.2. The lowest BCUT2D eigenvalue weighted by atomic mass is 9.96. The Morgan fingerprint density at radius 1 is 1.15 bits per heavy atom. The third kappa shape index (κ3) is 4.50. The van der Waals surface area contributed by atoms with E-state index in [2.05, 4.69) is 5.32 Å². The number of amides is 1. The summed E-state index contributed by atoms with van der Waals surface area (Å²) in [6.45, 7) is 0. The minimum atomic E-state index is -0.367. The van der Waals surface area contributed by atoms with Crippen LogP contribution < -0.4 is 15.8 Å². The Bertz CT molecular complexity index is 754. The molecule has 0 spiro atoms. The number of hydrogen-bond donors (Lipinski definition) is 2. The van der Waals surface area contributed by atoms with Gasteiger partial charge < -0.3 is 15.8 Å². The number of para-hydroxylation sites is 1. The number of benzene rings is 2. The smallest absolute Gasteiger partial charge is 0.223 e. The van der Waals surface area contributed by atoms with Crippen molar-refractivity contribution in [2.24, 2.45) is 11.7 Å². The van der Waals surface area contributed by atoms with E-state index >= 15 is 0 Å². The topological polar surface area (TPSA) is 64.3 Å². The van der Waals surface area contributed by atoms with E-state index in [1.54, 1.807) is 7.11 Å². The number of nitrogens with two attached hydrogens (primary N) is 1. The van der Waals surface area contributed by atoms with Crippen molar-refractivity contribution in [3.8, 4) is 5.75 Å². The predicted octanol–water partition coefficient (Wildman–Crippen LogP) is 4.10. The molecule has 0 bridgehead atoms. The van der Waals surface area contributed by atoms with Crippen LogP contribution in [0, 0.1) is 5.92 Å². The first-order valence-electron chi connectivity index (χ1n) is 8.53. The summed E-state index contributed by atoms with van der Waals surface area (Å²) in [7, 11) is 1.63. The second-order valence-electron chi connectivity index (χ2n) is 6.48. The highest BCUT2D eigenvalue weighted by Crippen LogP contribution is 2.34. The Morgan fingerprint density at radius 3 is 2.42 bits per heavy atom. The third-order valence-electron chi connectivity index (χ3n) is 4.80. The first kappa shape index (κ1) is 20.6. The van der Waals surface area contributed by atoms with Gasteiger partial charge in [0.05, 0.1) is 13.2 Å². The summed E-state index contributed by atoms with van der Waals surface area (Å²) in [5.74, 6) is 0.689. The first-order valence-corrected chi connectivity index (χ1v) is 8.91. The van der Waals surface area contributed by atoms with Crippen molar-refractivity contribution >= 4 is 29.9 Å². The minimum Gasteiger partial charge on any atom is -0.496 e. The van der Waals surface area contributed by atoms with E-state index in [0.29, 0.717) is 5.02 Å². The molecule has 1 fully saturated rings. The van der Waals surface area contributed by atoms with Gasteiger partial charge in [-0.2, -0.15) is 0 Å². The fraction of sp³-hybridized carbons (Fsp3) is 0.350. The van der Waals surface area contributed by atoms with Crippen LogP contribution in [0.2, 0.25) is 5.02 Å². The van der Waals surface area contributed by atoms with Crippen molar-refractivity contribution in [2.45, 2.75) is 31.3 Å². The number of halogens is 2. The molecule has 0 aromatic heterocycles. The van der Waals surface area contributed by atoms with Crippen LogP contribution in [0.5, 0.6) is 5.75 Å². The van der Waals surface area contributed by atoms with Crippen LogP contribution in [0.4, 0.5) is 0 Å². The van der Waals surface area contributed by atoms with Crippen LogP contribution >= 0.6 is 24.0 Å². The summed E-state index contributed by atoms with van der Waals surface area (Å²) >= 11 is 6.42. The maximum atomic E-state index is 12.8. The molecule has 4 nitrogen and oxygen atoms in total. The summed E-state index contributed by atoms with van der Waals surface area (Å²) in [5, 5.41) is 3.78. The fourth-order valence-electron chi connectivity index (χ4n) is 3.45. The zero-order valence-electron chi connectivity index (χ0n) is 14.7. The standard InChI is InChI=1S/C20H23ClN2O2.ClH/c1-25-18-9-5-3-7-16(18)19(15-6-2-4-8-17(15)21)23-20(24)13-10-11-14(22)12-13;/h2-9,13-14,19H,10-12,22H2,1H3,(H,23,24);1H. The number of rotatable bonds is 5. The second-order valence-corrected chi connectivity index (χ2v) is 6.88. The number of carbonyl (C=O) groups is 1. The molecule has 3 unspecified atom stereocenters. The Balaban J connectivity index is 0.00000243. The predicted molar refractivity (Wildman–Crippen MR) is 107 cm³/mol. The maximum absolute atomic E-state index is 12.8. The number of nitrogens with one attached hydrogen (secondary N) is 1. The number of methoxy groups -OCH3 is 1. The summed E-state index contributed by atoms with van der Waals surface area (Å²) in [4.78, 5) is 12.8. The molecule has 6 heteroatoms. The van der Waals surface area contributed by atoms with E-state index in [1.807, 2.05) is 48.5 Å². The Labute approximate surface area is 165 Å². The van der Waals surface area contributed by atoms with Crippen molar-refractivity contribution in [2.75, 3.05) is 7.11 Å². The van der Waals surface area contributed by atoms with Gasteiger partial charge in [-0.3, -0.25) is 4.79 Å². The monoisotopic (exact) mass is 394 g/mol. The first-order chi connectivity index (χ1) is 12.1.